The Hall–Kier alpha value is -0.0600. The van der Waals surface area contributed by atoms with E-state index in [9.17, 15) is 0 Å². The summed E-state index contributed by atoms with van der Waals surface area (Å²) in [6, 6.07) is 0. The molecule has 1 aromatic rings. The summed E-state index contributed by atoms with van der Waals surface area (Å²) in [7, 11) is 2.00. The Kier molecular flexibility index (Phi) is 1.32. The predicted molar refractivity (Wildman–Crippen MR) is 34.7 cm³/mol. The molecular weight excluding hydrogens is 203 g/mol. The van der Waals surface area contributed by atoms with E-state index in [4.69, 9.17) is 0 Å². The van der Waals surface area contributed by atoms with Crippen molar-refractivity contribution >= 4 is 22.6 Å². The molecule has 0 bridgehead atoms. The van der Waals surface area contributed by atoms with E-state index in [-0.39, 0.29) is 0 Å². The van der Waals surface area contributed by atoms with Crippen LogP contribution in [0, 0.1) is 3.83 Å². The lowest BCUT2D eigenvalue weighted by Gasteiger charge is -1.75. The molecule has 0 aliphatic heterocycles. The van der Waals surface area contributed by atoms with Crippen LogP contribution in [0.15, 0.2) is 12.4 Å². The molecule has 0 aliphatic rings. The number of aryl methyl sites for hydroxylation is 1. The minimum absolute atomic E-state index is 1.15. The minimum Gasteiger partial charge on any atom is -0.239 e. The number of aromatic amines is 1. The molecule has 0 amide bonds. The second kappa shape index (κ2) is 1.81. The summed E-state index contributed by atoms with van der Waals surface area (Å²) in [4.78, 5) is 3.02. The largest absolute Gasteiger partial charge is 0.315 e. The molecule has 7 heavy (non-hydrogen) atoms. The van der Waals surface area contributed by atoms with Gasteiger partial charge in [0.25, 0.3) is 0 Å². The van der Waals surface area contributed by atoms with Gasteiger partial charge in [-0.05, 0) is 0 Å². The van der Waals surface area contributed by atoms with Crippen molar-refractivity contribution < 1.29 is 4.57 Å². The van der Waals surface area contributed by atoms with Crippen LogP contribution in [-0.4, -0.2) is 4.98 Å². The predicted octanol–water partition coefficient (Wildman–Crippen LogP) is 0.444. The smallest absolute Gasteiger partial charge is 0.239 e. The Morgan fingerprint density at radius 2 is 2.57 bits per heavy atom. The Bertz CT molecular complexity index is 142. The van der Waals surface area contributed by atoms with Crippen LogP contribution in [0.2, 0.25) is 0 Å². The van der Waals surface area contributed by atoms with Gasteiger partial charge in [0, 0.05) is 0 Å². The van der Waals surface area contributed by atoms with E-state index in [0.717, 1.165) is 3.83 Å². The van der Waals surface area contributed by atoms with Crippen molar-refractivity contribution in [2.45, 2.75) is 0 Å². The number of aromatic nitrogens is 2. The molecule has 38 valence electrons. The Morgan fingerprint density at radius 1 is 1.86 bits per heavy atom. The van der Waals surface area contributed by atoms with E-state index in [0.29, 0.717) is 0 Å². The first kappa shape index (κ1) is 5.08. The molecule has 2 nitrogen and oxygen atoms in total. The highest BCUT2D eigenvalue weighted by Gasteiger charge is 1.95. The van der Waals surface area contributed by atoms with Crippen LogP contribution in [0.1, 0.15) is 0 Å². The normalized spacial score (nSPS) is 9.43. The van der Waals surface area contributed by atoms with E-state index in [1.165, 1.54) is 0 Å². The van der Waals surface area contributed by atoms with Gasteiger partial charge < -0.3 is 0 Å². The standard InChI is InChI=1S/C4H5IN2/c1-7-3-2-6-4(7)5/h2-3H,1H3/p+1. The number of rotatable bonds is 0. The van der Waals surface area contributed by atoms with Crippen molar-refractivity contribution in [1.82, 2.24) is 4.98 Å². The van der Waals surface area contributed by atoms with Crippen molar-refractivity contribution in [2.24, 2.45) is 7.05 Å². The second-order valence-electron chi connectivity index (χ2n) is 1.36. The fraction of sp³-hybridized carbons (Fsp3) is 0.250. The summed E-state index contributed by atoms with van der Waals surface area (Å²) < 4.78 is 3.16. The molecule has 0 unspecified atom stereocenters. The van der Waals surface area contributed by atoms with Gasteiger partial charge in [-0.3, -0.25) is 0 Å². The van der Waals surface area contributed by atoms with Gasteiger partial charge >= 0.3 is 3.83 Å². The first-order valence-electron chi connectivity index (χ1n) is 1.99. The van der Waals surface area contributed by atoms with E-state index in [1.54, 1.807) is 0 Å². The van der Waals surface area contributed by atoms with E-state index in [1.807, 2.05) is 24.0 Å². The van der Waals surface area contributed by atoms with Gasteiger partial charge in [-0.2, -0.15) is 0 Å². The van der Waals surface area contributed by atoms with Crippen LogP contribution in [0.5, 0.6) is 0 Å². The summed E-state index contributed by atoms with van der Waals surface area (Å²) >= 11 is 2.23. The van der Waals surface area contributed by atoms with Crippen molar-refractivity contribution in [3.63, 3.8) is 0 Å². The molecule has 1 rings (SSSR count). The number of hydrogen-bond acceptors (Lipinski definition) is 0. The third-order valence-corrected chi connectivity index (χ3v) is 1.88. The summed E-state index contributed by atoms with van der Waals surface area (Å²) in [6.45, 7) is 0. The van der Waals surface area contributed by atoms with Crippen molar-refractivity contribution in [2.75, 3.05) is 0 Å². The fourth-order valence-electron chi connectivity index (χ4n) is 0.385. The van der Waals surface area contributed by atoms with Gasteiger partial charge in [0.2, 0.25) is 0 Å². The number of halogens is 1. The molecule has 0 atom stereocenters. The quantitative estimate of drug-likeness (QED) is 0.472. The molecule has 1 heterocycles. The molecule has 0 spiro atoms. The number of nitrogens with zero attached hydrogens (tertiary/aromatic N) is 1. The first-order valence-corrected chi connectivity index (χ1v) is 3.07. The number of nitrogens with one attached hydrogen (secondary N) is 1. The van der Waals surface area contributed by atoms with Crippen LogP contribution < -0.4 is 4.57 Å². The van der Waals surface area contributed by atoms with Crippen molar-refractivity contribution in [3.05, 3.63) is 16.2 Å². The Balaban J connectivity index is 3.12. The molecule has 0 fully saturated rings. The van der Waals surface area contributed by atoms with Gasteiger partial charge in [0.05, 0.1) is 29.6 Å². The average molecular weight is 209 g/mol. The molecule has 0 saturated heterocycles. The number of hydrogen-bond donors (Lipinski definition) is 1. The molecular formula is C4H6IN2+. The molecule has 3 heteroatoms. The Labute approximate surface area is 55.7 Å². The molecule has 0 aromatic carbocycles. The van der Waals surface area contributed by atoms with Gasteiger partial charge in [0.1, 0.15) is 12.4 Å². The van der Waals surface area contributed by atoms with E-state index < -0.39 is 0 Å². The van der Waals surface area contributed by atoms with Gasteiger partial charge in [-0.25, -0.2) is 9.55 Å². The highest BCUT2D eigenvalue weighted by Crippen LogP contribution is 1.87. The number of H-pyrrole nitrogens is 1. The lowest BCUT2D eigenvalue weighted by Crippen LogP contribution is -2.28. The van der Waals surface area contributed by atoms with Gasteiger partial charge in [0.15, 0.2) is 0 Å². The summed E-state index contributed by atoms with van der Waals surface area (Å²) in [5, 5.41) is 0. The van der Waals surface area contributed by atoms with E-state index in [2.05, 4.69) is 27.6 Å². The molecule has 1 N–H and O–H groups in total. The molecule has 0 saturated carbocycles. The Morgan fingerprint density at radius 3 is 2.71 bits per heavy atom. The minimum atomic E-state index is 1.15. The highest BCUT2D eigenvalue weighted by molar-refractivity contribution is 14.1. The highest BCUT2D eigenvalue weighted by atomic mass is 127. The fourth-order valence-corrected chi connectivity index (χ4v) is 0.726. The summed E-state index contributed by atoms with van der Waals surface area (Å²) in [5.74, 6) is 0. The zero-order valence-electron chi connectivity index (χ0n) is 3.98. The summed E-state index contributed by atoms with van der Waals surface area (Å²) in [6.07, 6.45) is 3.88. The van der Waals surface area contributed by atoms with Crippen LogP contribution in [0.25, 0.3) is 0 Å². The summed E-state index contributed by atoms with van der Waals surface area (Å²) in [5.41, 5.74) is 0. The maximum atomic E-state index is 3.02. The van der Waals surface area contributed by atoms with Crippen LogP contribution >= 0.6 is 22.6 Å². The molecule has 0 aliphatic carbocycles. The zero-order valence-corrected chi connectivity index (χ0v) is 6.14. The average Bonchev–Trinajstić information content (AvgIpc) is 1.91. The lowest BCUT2D eigenvalue weighted by molar-refractivity contribution is -0.683. The number of imidazole rings is 1. The monoisotopic (exact) mass is 209 g/mol. The third kappa shape index (κ3) is 0.933. The van der Waals surface area contributed by atoms with E-state index >= 15 is 0 Å². The SMILES string of the molecule is C[n+]1cc[nH]c1I. The van der Waals surface area contributed by atoms with Crippen molar-refractivity contribution in [3.8, 4) is 0 Å². The third-order valence-electron chi connectivity index (χ3n) is 0.810. The molecule has 1 aromatic heterocycles. The zero-order chi connectivity index (χ0) is 5.28. The second-order valence-corrected chi connectivity index (χ2v) is 2.38. The maximum Gasteiger partial charge on any atom is 0.315 e. The van der Waals surface area contributed by atoms with Crippen LogP contribution in [-0.2, 0) is 7.05 Å². The topological polar surface area (TPSA) is 19.7 Å². The maximum absolute atomic E-state index is 3.02. The molecule has 0 radical (unpaired) electrons. The van der Waals surface area contributed by atoms with Crippen LogP contribution in [0.3, 0.4) is 0 Å². The lowest BCUT2D eigenvalue weighted by atomic mass is 10.9. The van der Waals surface area contributed by atoms with Gasteiger partial charge in [-0.15, -0.1) is 0 Å². The first-order chi connectivity index (χ1) is 3.30. The van der Waals surface area contributed by atoms with Crippen LogP contribution in [0.4, 0.5) is 0 Å². The van der Waals surface area contributed by atoms with Crippen molar-refractivity contribution in [1.29, 1.82) is 0 Å². The van der Waals surface area contributed by atoms with Gasteiger partial charge in [-0.1, -0.05) is 0 Å².